The number of alkyl halides is 1. The molecule has 0 bridgehead atoms. The predicted molar refractivity (Wildman–Crippen MR) is 65.5 cm³/mol. The van der Waals surface area contributed by atoms with E-state index in [0.29, 0.717) is 4.83 Å². The summed E-state index contributed by atoms with van der Waals surface area (Å²) in [5.41, 5.74) is 0. The SMILES string of the molecule is CCCCCCC(C)C(Br)C(C)C. The topological polar surface area (TPSA) is 0 Å². The van der Waals surface area contributed by atoms with E-state index in [9.17, 15) is 0 Å². The number of rotatable bonds is 7. The van der Waals surface area contributed by atoms with Crippen molar-refractivity contribution in [2.24, 2.45) is 11.8 Å². The number of hydrogen-bond acceptors (Lipinski definition) is 0. The third-order valence-corrected chi connectivity index (χ3v) is 4.65. The molecule has 0 amide bonds. The zero-order chi connectivity index (χ0) is 10.3. The first-order chi connectivity index (χ1) is 6.09. The minimum Gasteiger partial charge on any atom is -0.0885 e. The van der Waals surface area contributed by atoms with Crippen LogP contribution in [0.3, 0.4) is 0 Å². The van der Waals surface area contributed by atoms with Crippen molar-refractivity contribution in [3.8, 4) is 0 Å². The van der Waals surface area contributed by atoms with Crippen molar-refractivity contribution < 1.29 is 0 Å². The fraction of sp³-hybridized carbons (Fsp3) is 1.00. The van der Waals surface area contributed by atoms with Gasteiger partial charge in [-0.1, -0.05) is 69.3 Å². The molecule has 80 valence electrons. The van der Waals surface area contributed by atoms with Gasteiger partial charge in [0, 0.05) is 4.83 Å². The zero-order valence-corrected chi connectivity index (χ0v) is 11.2. The van der Waals surface area contributed by atoms with E-state index in [4.69, 9.17) is 0 Å². The van der Waals surface area contributed by atoms with Gasteiger partial charge in [0.15, 0.2) is 0 Å². The second-order valence-corrected chi connectivity index (χ2v) is 5.57. The van der Waals surface area contributed by atoms with Crippen LogP contribution in [0.2, 0.25) is 0 Å². The Morgan fingerprint density at radius 3 is 2.08 bits per heavy atom. The van der Waals surface area contributed by atoms with Crippen LogP contribution in [0.5, 0.6) is 0 Å². The first-order valence-corrected chi connectivity index (χ1v) is 6.65. The lowest BCUT2D eigenvalue weighted by Crippen LogP contribution is -2.17. The molecule has 1 heteroatoms. The second kappa shape index (κ2) is 7.84. The van der Waals surface area contributed by atoms with Crippen LogP contribution < -0.4 is 0 Å². The summed E-state index contributed by atoms with van der Waals surface area (Å²) in [7, 11) is 0. The van der Waals surface area contributed by atoms with Crippen LogP contribution in [0.15, 0.2) is 0 Å². The van der Waals surface area contributed by atoms with Gasteiger partial charge in [-0.25, -0.2) is 0 Å². The normalized spacial score (nSPS) is 16.2. The van der Waals surface area contributed by atoms with Crippen LogP contribution in [0.1, 0.15) is 59.8 Å². The average Bonchev–Trinajstić information content (AvgIpc) is 2.10. The average molecular weight is 249 g/mol. The van der Waals surface area contributed by atoms with Gasteiger partial charge in [-0.05, 0) is 18.3 Å². The summed E-state index contributed by atoms with van der Waals surface area (Å²) in [6.45, 7) is 9.22. The van der Waals surface area contributed by atoms with Gasteiger partial charge in [-0.3, -0.25) is 0 Å². The smallest absolute Gasteiger partial charge is 0.0194 e. The molecule has 0 aliphatic heterocycles. The fourth-order valence-corrected chi connectivity index (χ4v) is 1.97. The van der Waals surface area contributed by atoms with Crippen LogP contribution in [0, 0.1) is 11.8 Å². The third kappa shape index (κ3) is 6.54. The molecule has 0 aromatic heterocycles. The molecule has 0 radical (unpaired) electrons. The molecule has 0 fully saturated rings. The molecule has 0 rings (SSSR count). The molecule has 2 unspecified atom stereocenters. The maximum Gasteiger partial charge on any atom is 0.0194 e. The molecule has 0 saturated carbocycles. The maximum atomic E-state index is 3.78. The van der Waals surface area contributed by atoms with Crippen molar-refractivity contribution in [1.29, 1.82) is 0 Å². The van der Waals surface area contributed by atoms with Gasteiger partial charge in [0.1, 0.15) is 0 Å². The summed E-state index contributed by atoms with van der Waals surface area (Å²) in [4.78, 5) is 0.703. The molecule has 0 saturated heterocycles. The Balaban J connectivity index is 3.44. The van der Waals surface area contributed by atoms with E-state index < -0.39 is 0 Å². The van der Waals surface area contributed by atoms with E-state index in [0.717, 1.165) is 11.8 Å². The van der Waals surface area contributed by atoms with E-state index in [1.807, 2.05) is 0 Å². The van der Waals surface area contributed by atoms with Crippen molar-refractivity contribution in [2.45, 2.75) is 64.6 Å². The van der Waals surface area contributed by atoms with Crippen LogP contribution in [-0.4, -0.2) is 4.83 Å². The van der Waals surface area contributed by atoms with E-state index in [1.165, 1.54) is 32.1 Å². The lowest BCUT2D eigenvalue weighted by atomic mass is 9.93. The van der Waals surface area contributed by atoms with Crippen LogP contribution in [0.4, 0.5) is 0 Å². The zero-order valence-electron chi connectivity index (χ0n) is 9.65. The van der Waals surface area contributed by atoms with Crippen LogP contribution in [-0.2, 0) is 0 Å². The Hall–Kier alpha value is 0.480. The molecule has 0 aliphatic rings. The highest BCUT2D eigenvalue weighted by Gasteiger charge is 2.16. The Bertz CT molecular complexity index is 110. The molecular formula is C12H25Br. The predicted octanol–water partition coefficient (Wildman–Crippen LogP) is 5.01. The van der Waals surface area contributed by atoms with Crippen molar-refractivity contribution in [1.82, 2.24) is 0 Å². The monoisotopic (exact) mass is 248 g/mol. The lowest BCUT2D eigenvalue weighted by Gasteiger charge is -2.21. The van der Waals surface area contributed by atoms with E-state index in [1.54, 1.807) is 0 Å². The van der Waals surface area contributed by atoms with Crippen molar-refractivity contribution in [3.05, 3.63) is 0 Å². The third-order valence-electron chi connectivity index (χ3n) is 2.69. The van der Waals surface area contributed by atoms with Gasteiger partial charge in [0.25, 0.3) is 0 Å². The molecule has 0 nitrogen and oxygen atoms in total. The first-order valence-electron chi connectivity index (χ1n) is 5.73. The number of unbranched alkanes of at least 4 members (excludes halogenated alkanes) is 3. The Morgan fingerprint density at radius 2 is 1.62 bits per heavy atom. The molecule has 2 atom stereocenters. The van der Waals surface area contributed by atoms with Crippen molar-refractivity contribution in [2.75, 3.05) is 0 Å². The second-order valence-electron chi connectivity index (χ2n) is 4.52. The summed E-state index contributed by atoms with van der Waals surface area (Å²) >= 11 is 3.78. The summed E-state index contributed by atoms with van der Waals surface area (Å²) in [6, 6.07) is 0. The van der Waals surface area contributed by atoms with Gasteiger partial charge in [-0.15, -0.1) is 0 Å². The van der Waals surface area contributed by atoms with Crippen molar-refractivity contribution in [3.63, 3.8) is 0 Å². The highest BCUT2D eigenvalue weighted by Crippen LogP contribution is 2.25. The molecule has 13 heavy (non-hydrogen) atoms. The summed E-state index contributed by atoms with van der Waals surface area (Å²) in [5, 5.41) is 0. The van der Waals surface area contributed by atoms with E-state index >= 15 is 0 Å². The van der Waals surface area contributed by atoms with Gasteiger partial charge < -0.3 is 0 Å². The van der Waals surface area contributed by atoms with Gasteiger partial charge in [0.05, 0.1) is 0 Å². The highest BCUT2D eigenvalue weighted by atomic mass is 79.9. The fourth-order valence-electron chi connectivity index (χ4n) is 1.71. The summed E-state index contributed by atoms with van der Waals surface area (Å²) in [6.07, 6.45) is 6.95. The number of halogens is 1. The van der Waals surface area contributed by atoms with E-state index in [-0.39, 0.29) is 0 Å². The molecule has 0 heterocycles. The molecular weight excluding hydrogens is 224 g/mol. The molecule has 0 spiro atoms. The standard InChI is InChI=1S/C12H25Br/c1-5-6-7-8-9-11(4)12(13)10(2)3/h10-12H,5-9H2,1-4H3. The largest absolute Gasteiger partial charge is 0.0885 e. The van der Waals surface area contributed by atoms with Crippen LogP contribution in [0.25, 0.3) is 0 Å². The Morgan fingerprint density at radius 1 is 1.00 bits per heavy atom. The quantitative estimate of drug-likeness (QED) is 0.439. The van der Waals surface area contributed by atoms with Crippen molar-refractivity contribution >= 4 is 15.9 Å². The minimum absolute atomic E-state index is 0.703. The lowest BCUT2D eigenvalue weighted by molar-refractivity contribution is 0.418. The van der Waals surface area contributed by atoms with Gasteiger partial charge >= 0.3 is 0 Å². The minimum atomic E-state index is 0.703. The van der Waals surface area contributed by atoms with E-state index in [2.05, 4.69) is 43.6 Å². The van der Waals surface area contributed by atoms with Gasteiger partial charge in [-0.2, -0.15) is 0 Å². The van der Waals surface area contributed by atoms with Gasteiger partial charge in [0.2, 0.25) is 0 Å². The summed E-state index contributed by atoms with van der Waals surface area (Å²) < 4.78 is 0. The highest BCUT2D eigenvalue weighted by molar-refractivity contribution is 9.09. The van der Waals surface area contributed by atoms with Crippen LogP contribution >= 0.6 is 15.9 Å². The first kappa shape index (κ1) is 13.5. The molecule has 0 N–H and O–H groups in total. The molecule has 0 aromatic carbocycles. The number of hydrogen-bond donors (Lipinski definition) is 0. The Labute approximate surface area is 92.6 Å². The maximum absolute atomic E-state index is 3.78. The molecule has 0 aromatic rings. The molecule has 0 aliphatic carbocycles. The Kier molecular flexibility index (Phi) is 8.13. The summed E-state index contributed by atoms with van der Waals surface area (Å²) in [5.74, 6) is 1.60.